The minimum Gasteiger partial charge on any atom is -0.422 e. The van der Waals surface area contributed by atoms with Crippen LogP contribution in [0.1, 0.15) is 13.3 Å². The Morgan fingerprint density at radius 2 is 2.05 bits per heavy atom. The van der Waals surface area contributed by atoms with E-state index >= 15 is 0 Å². The van der Waals surface area contributed by atoms with Gasteiger partial charge in [0.25, 0.3) is 0 Å². The van der Waals surface area contributed by atoms with Gasteiger partial charge in [-0.1, -0.05) is 6.92 Å². The molecule has 0 saturated carbocycles. The van der Waals surface area contributed by atoms with Crippen molar-refractivity contribution in [1.29, 1.82) is 0 Å². The van der Waals surface area contributed by atoms with Crippen LogP contribution in [0.3, 0.4) is 0 Å². The Morgan fingerprint density at radius 3 is 2.71 bits per heavy atom. The molecule has 0 aliphatic carbocycles. The van der Waals surface area contributed by atoms with E-state index in [1.807, 2.05) is 14.1 Å². The van der Waals surface area contributed by atoms with Crippen LogP contribution in [0.25, 0.3) is 0 Å². The summed E-state index contributed by atoms with van der Waals surface area (Å²) in [5.74, 6) is 1.58. The molecule has 0 amide bonds. The molecule has 2 aromatic rings. The molecule has 0 atom stereocenters. The lowest BCUT2D eigenvalue weighted by Gasteiger charge is -2.13. The first-order chi connectivity index (χ1) is 10.1. The van der Waals surface area contributed by atoms with Crippen LogP contribution in [0.5, 0.6) is 11.8 Å². The minimum absolute atomic E-state index is 0.229. The van der Waals surface area contributed by atoms with Crippen molar-refractivity contribution in [2.75, 3.05) is 30.9 Å². The molecule has 0 saturated heterocycles. The van der Waals surface area contributed by atoms with Crippen molar-refractivity contribution in [3.8, 4) is 11.8 Å². The lowest BCUT2D eigenvalue weighted by Crippen LogP contribution is -2.16. The molecule has 0 spiro atoms. The molecular formula is C13H17BrN6O. The van der Waals surface area contributed by atoms with Gasteiger partial charge < -0.3 is 15.0 Å². The number of pyridine rings is 1. The highest BCUT2D eigenvalue weighted by Crippen LogP contribution is 2.22. The molecule has 2 rings (SSSR count). The number of rotatable bonds is 6. The summed E-state index contributed by atoms with van der Waals surface area (Å²) in [4.78, 5) is 18.7. The summed E-state index contributed by atoms with van der Waals surface area (Å²) in [5.41, 5.74) is 0. The number of nitrogens with one attached hydrogen (secondary N) is 1. The van der Waals surface area contributed by atoms with E-state index in [0.29, 0.717) is 17.6 Å². The first-order valence-corrected chi connectivity index (χ1v) is 7.33. The molecule has 0 radical (unpaired) electrons. The Morgan fingerprint density at radius 1 is 1.24 bits per heavy atom. The summed E-state index contributed by atoms with van der Waals surface area (Å²) in [6.45, 7) is 2.86. The van der Waals surface area contributed by atoms with Crippen LogP contribution in [0, 0.1) is 0 Å². The van der Waals surface area contributed by atoms with Gasteiger partial charge >= 0.3 is 6.01 Å². The Balaban J connectivity index is 2.26. The summed E-state index contributed by atoms with van der Waals surface area (Å²) in [5, 5.41) is 3.13. The highest BCUT2D eigenvalue weighted by Gasteiger charge is 2.10. The quantitative estimate of drug-likeness (QED) is 0.856. The van der Waals surface area contributed by atoms with Crippen LogP contribution < -0.4 is 15.0 Å². The Labute approximate surface area is 131 Å². The zero-order valence-electron chi connectivity index (χ0n) is 12.2. The number of halogens is 1. The monoisotopic (exact) mass is 352 g/mol. The van der Waals surface area contributed by atoms with Crippen LogP contribution in [0.2, 0.25) is 0 Å². The number of nitrogens with zero attached hydrogens (tertiary/aromatic N) is 5. The van der Waals surface area contributed by atoms with Crippen LogP contribution >= 0.6 is 15.9 Å². The molecule has 8 heteroatoms. The van der Waals surface area contributed by atoms with Gasteiger partial charge in [0.15, 0.2) is 5.75 Å². The van der Waals surface area contributed by atoms with Crippen molar-refractivity contribution in [2.45, 2.75) is 13.3 Å². The van der Waals surface area contributed by atoms with E-state index in [1.165, 1.54) is 0 Å². The lowest BCUT2D eigenvalue weighted by molar-refractivity contribution is 0.438. The molecule has 0 unspecified atom stereocenters. The third-order valence-corrected chi connectivity index (χ3v) is 2.86. The van der Waals surface area contributed by atoms with Crippen LogP contribution in [-0.4, -0.2) is 40.6 Å². The van der Waals surface area contributed by atoms with Crippen LogP contribution in [0.4, 0.5) is 11.9 Å². The highest BCUT2D eigenvalue weighted by molar-refractivity contribution is 9.10. The van der Waals surface area contributed by atoms with E-state index in [0.717, 1.165) is 17.4 Å². The van der Waals surface area contributed by atoms with Gasteiger partial charge in [0, 0.05) is 31.3 Å². The van der Waals surface area contributed by atoms with Gasteiger partial charge in [-0.25, -0.2) is 0 Å². The normalized spacial score (nSPS) is 10.3. The molecule has 0 aliphatic heterocycles. The zero-order valence-corrected chi connectivity index (χ0v) is 13.8. The van der Waals surface area contributed by atoms with Crippen molar-refractivity contribution < 1.29 is 4.74 Å². The molecule has 21 heavy (non-hydrogen) atoms. The number of hydrogen-bond donors (Lipinski definition) is 1. The topological polar surface area (TPSA) is 76.1 Å². The second-order valence-electron chi connectivity index (χ2n) is 4.50. The second-order valence-corrected chi connectivity index (χ2v) is 5.42. The van der Waals surface area contributed by atoms with Crippen molar-refractivity contribution in [3.05, 3.63) is 22.9 Å². The average Bonchev–Trinajstić information content (AvgIpc) is 2.45. The molecule has 0 bridgehead atoms. The maximum atomic E-state index is 5.65. The van der Waals surface area contributed by atoms with E-state index in [4.69, 9.17) is 4.74 Å². The Bertz CT molecular complexity index is 607. The summed E-state index contributed by atoms with van der Waals surface area (Å²) in [7, 11) is 3.73. The van der Waals surface area contributed by atoms with E-state index < -0.39 is 0 Å². The van der Waals surface area contributed by atoms with E-state index in [2.05, 4.69) is 48.1 Å². The predicted molar refractivity (Wildman–Crippen MR) is 84.9 cm³/mol. The van der Waals surface area contributed by atoms with Crippen LogP contribution in [-0.2, 0) is 0 Å². The fraction of sp³-hybridized carbons (Fsp3) is 0.385. The molecule has 112 valence electrons. The van der Waals surface area contributed by atoms with Gasteiger partial charge in [0.05, 0.1) is 6.20 Å². The van der Waals surface area contributed by atoms with Gasteiger partial charge in [-0.3, -0.25) is 4.98 Å². The molecule has 0 aromatic carbocycles. The highest BCUT2D eigenvalue weighted by atomic mass is 79.9. The van der Waals surface area contributed by atoms with Crippen molar-refractivity contribution in [2.24, 2.45) is 0 Å². The Hall–Kier alpha value is -1.96. The first kappa shape index (κ1) is 15.4. The third kappa shape index (κ3) is 4.52. The molecule has 2 aromatic heterocycles. The molecule has 0 fully saturated rings. The summed E-state index contributed by atoms with van der Waals surface area (Å²) < 4.78 is 6.47. The fourth-order valence-electron chi connectivity index (χ4n) is 1.46. The SMILES string of the molecule is CCCNc1nc(Oc2cncc(Br)c2)nc(N(C)C)n1. The minimum atomic E-state index is 0.229. The largest absolute Gasteiger partial charge is 0.422 e. The van der Waals surface area contributed by atoms with Gasteiger partial charge in [-0.2, -0.15) is 15.0 Å². The molecule has 0 aliphatic rings. The maximum Gasteiger partial charge on any atom is 0.328 e. The predicted octanol–water partition coefficient (Wildman–Crippen LogP) is 2.71. The van der Waals surface area contributed by atoms with Crippen molar-refractivity contribution in [1.82, 2.24) is 19.9 Å². The van der Waals surface area contributed by atoms with Gasteiger partial charge in [-0.15, -0.1) is 0 Å². The lowest BCUT2D eigenvalue weighted by atomic mass is 10.5. The molecule has 2 heterocycles. The number of hydrogen-bond acceptors (Lipinski definition) is 7. The fourth-order valence-corrected chi connectivity index (χ4v) is 1.80. The van der Waals surface area contributed by atoms with Crippen molar-refractivity contribution >= 4 is 27.8 Å². The number of anilines is 2. The van der Waals surface area contributed by atoms with Gasteiger partial charge in [0.1, 0.15) is 0 Å². The molecule has 7 nitrogen and oxygen atoms in total. The zero-order chi connectivity index (χ0) is 15.2. The van der Waals surface area contributed by atoms with E-state index in [9.17, 15) is 0 Å². The second kappa shape index (κ2) is 7.16. The van der Waals surface area contributed by atoms with Crippen molar-refractivity contribution in [3.63, 3.8) is 0 Å². The standard InChI is InChI=1S/C13H17BrN6O/c1-4-5-16-11-17-12(20(2)3)19-13(18-11)21-10-6-9(14)7-15-8-10/h6-8H,4-5H2,1-3H3,(H,16,17,18,19). The molecule has 1 N–H and O–H groups in total. The van der Waals surface area contributed by atoms with Gasteiger partial charge in [-0.05, 0) is 28.4 Å². The first-order valence-electron chi connectivity index (χ1n) is 6.54. The Kier molecular flexibility index (Phi) is 5.26. The van der Waals surface area contributed by atoms with Gasteiger partial charge in [0.2, 0.25) is 11.9 Å². The summed E-state index contributed by atoms with van der Waals surface area (Å²) in [6, 6.07) is 2.03. The number of ether oxygens (including phenoxy) is 1. The van der Waals surface area contributed by atoms with E-state index in [1.54, 1.807) is 23.4 Å². The molecular weight excluding hydrogens is 336 g/mol. The average molecular weight is 353 g/mol. The summed E-state index contributed by atoms with van der Waals surface area (Å²) in [6.07, 6.45) is 4.26. The maximum absolute atomic E-state index is 5.65. The number of aromatic nitrogens is 4. The van der Waals surface area contributed by atoms with E-state index in [-0.39, 0.29) is 6.01 Å². The smallest absolute Gasteiger partial charge is 0.328 e. The summed E-state index contributed by atoms with van der Waals surface area (Å²) >= 11 is 3.35. The third-order valence-electron chi connectivity index (χ3n) is 2.43. The van der Waals surface area contributed by atoms with Crippen LogP contribution in [0.15, 0.2) is 22.9 Å².